The van der Waals surface area contributed by atoms with E-state index in [0.29, 0.717) is 15.1 Å². The Hall–Kier alpha value is -2.11. The molecule has 1 unspecified atom stereocenters. The number of fused-ring (bicyclic) bond motifs is 1. The van der Waals surface area contributed by atoms with Crippen LogP contribution in [-0.4, -0.2) is 11.1 Å². The van der Waals surface area contributed by atoms with E-state index in [1.54, 1.807) is 24.3 Å². The molecule has 1 aromatic heterocycles. The fourth-order valence-corrected chi connectivity index (χ4v) is 1.59. The Balaban J connectivity index is 2.48. The van der Waals surface area contributed by atoms with Gasteiger partial charge in [-0.15, -0.1) is 0 Å². The molecule has 0 spiro atoms. The molecule has 1 aromatic carbocycles. The van der Waals surface area contributed by atoms with Gasteiger partial charge in [0.25, 0.3) is 5.52 Å². The number of para-hydroxylation sites is 2. The van der Waals surface area contributed by atoms with Crippen molar-refractivity contribution in [3.8, 4) is 0 Å². The van der Waals surface area contributed by atoms with Gasteiger partial charge in [-0.1, -0.05) is 32.9 Å². The number of hydrogen-bond donors (Lipinski definition) is 1. The van der Waals surface area contributed by atoms with Gasteiger partial charge in [0.05, 0.1) is 6.04 Å². The Morgan fingerprint density at radius 1 is 1.16 bits per heavy atom. The fourth-order valence-electron chi connectivity index (χ4n) is 1.59. The van der Waals surface area contributed by atoms with E-state index in [4.69, 9.17) is 0 Å². The first-order valence-electron chi connectivity index (χ1n) is 6.19. The van der Waals surface area contributed by atoms with Crippen LogP contribution >= 0.6 is 0 Å². The molecule has 102 valence electrons. The third-order valence-corrected chi connectivity index (χ3v) is 3.33. The molecule has 6 heteroatoms. The summed E-state index contributed by atoms with van der Waals surface area (Å²) in [6, 6.07) is 6.59. The molecule has 1 N–H and O–H groups in total. The second kappa shape index (κ2) is 4.53. The number of nitrogens with zero attached hydrogens (tertiary/aromatic N) is 3. The van der Waals surface area contributed by atoms with Crippen molar-refractivity contribution >= 4 is 17.0 Å². The molecule has 0 aliphatic carbocycles. The fraction of sp³-hybridized carbons (Fsp3) is 0.462. The van der Waals surface area contributed by atoms with Crippen LogP contribution in [-0.2, 0) is 0 Å². The van der Waals surface area contributed by atoms with Gasteiger partial charge in [-0.3, -0.25) is 5.32 Å². The molecular formula is C13H18N4O2. The van der Waals surface area contributed by atoms with E-state index < -0.39 is 0 Å². The molecule has 6 nitrogen and oxygen atoms in total. The Morgan fingerprint density at radius 3 is 2.32 bits per heavy atom. The average molecular weight is 262 g/mol. The molecule has 0 amide bonds. The van der Waals surface area contributed by atoms with Crippen LogP contribution in [0.3, 0.4) is 0 Å². The highest BCUT2D eigenvalue weighted by molar-refractivity contribution is 5.67. The summed E-state index contributed by atoms with van der Waals surface area (Å²) in [5.74, 6) is 0.0242. The zero-order valence-electron chi connectivity index (χ0n) is 11.5. The first-order chi connectivity index (χ1) is 8.80. The number of rotatable bonds is 2. The van der Waals surface area contributed by atoms with Crippen LogP contribution in [0.25, 0.3) is 11.0 Å². The van der Waals surface area contributed by atoms with E-state index in [1.165, 1.54) is 0 Å². The van der Waals surface area contributed by atoms with Gasteiger partial charge in [0, 0.05) is 10.9 Å². The highest BCUT2D eigenvalue weighted by atomic mass is 16.5. The van der Waals surface area contributed by atoms with Gasteiger partial charge in [0.2, 0.25) is 5.10 Å². The van der Waals surface area contributed by atoms with E-state index >= 15 is 0 Å². The summed E-state index contributed by atoms with van der Waals surface area (Å²) in [4.78, 5) is 0.474. The Kier molecular flexibility index (Phi) is 3.18. The number of anilines is 1. The van der Waals surface area contributed by atoms with Crippen molar-refractivity contribution in [1.29, 1.82) is 0 Å². The molecule has 1 heterocycles. The summed E-state index contributed by atoms with van der Waals surface area (Å²) in [6.45, 7) is 8.09. The predicted molar refractivity (Wildman–Crippen MR) is 72.2 cm³/mol. The second-order valence-corrected chi connectivity index (χ2v) is 5.71. The lowest BCUT2D eigenvalue weighted by molar-refractivity contribution is -0.672. The molecule has 0 saturated carbocycles. The first kappa shape index (κ1) is 13.3. The van der Waals surface area contributed by atoms with Crippen LogP contribution in [0.15, 0.2) is 24.3 Å². The normalized spacial score (nSPS) is 13.5. The third kappa shape index (κ3) is 2.52. The number of aromatic nitrogens is 3. The maximum atomic E-state index is 12.2. The van der Waals surface area contributed by atoms with Crippen LogP contribution < -0.4 is 14.9 Å². The molecule has 1 atom stereocenters. The minimum atomic E-state index is -0.0476. The van der Waals surface area contributed by atoms with Crippen LogP contribution in [0.1, 0.15) is 27.7 Å². The van der Waals surface area contributed by atoms with Crippen LogP contribution in [0, 0.1) is 15.8 Å². The van der Waals surface area contributed by atoms with E-state index in [0.717, 1.165) is 0 Å². The van der Waals surface area contributed by atoms with E-state index in [2.05, 4.69) is 10.4 Å². The molecule has 19 heavy (non-hydrogen) atoms. The molecule has 0 aliphatic heterocycles. The zero-order chi connectivity index (χ0) is 14.2. The lowest BCUT2D eigenvalue weighted by Gasteiger charge is -2.25. The van der Waals surface area contributed by atoms with Crippen molar-refractivity contribution in [3.05, 3.63) is 34.7 Å². The van der Waals surface area contributed by atoms with Crippen LogP contribution in [0.5, 0.6) is 0 Å². The van der Waals surface area contributed by atoms with Crippen LogP contribution in [0.4, 0.5) is 5.95 Å². The SMILES string of the molecule is CC(Nc1n[n+]([O-])c2ccccc2[n+]1[O-])C(C)(C)C. The summed E-state index contributed by atoms with van der Waals surface area (Å²) in [5, 5.41) is 30.7. The largest absolute Gasteiger partial charge is 0.739 e. The number of hydrogen-bond acceptors (Lipinski definition) is 4. The van der Waals surface area contributed by atoms with Gasteiger partial charge in [0.1, 0.15) is 0 Å². The summed E-state index contributed by atoms with van der Waals surface area (Å²) >= 11 is 0. The highest BCUT2D eigenvalue weighted by Crippen LogP contribution is 2.21. The smallest absolute Gasteiger partial charge is 0.461 e. The standard InChI is InChI=1S/C13H18N4O2/c1-9(13(2,3)4)14-12-15-17(19)11-8-6-5-7-10(11)16(12)18/h5-9H,1-4H3,(H,14,15). The molecule has 0 saturated heterocycles. The third-order valence-electron chi connectivity index (χ3n) is 3.33. The van der Waals surface area contributed by atoms with E-state index in [-0.39, 0.29) is 22.9 Å². The summed E-state index contributed by atoms with van der Waals surface area (Å²) in [7, 11) is 0. The lowest BCUT2D eigenvalue weighted by atomic mass is 9.88. The Morgan fingerprint density at radius 2 is 1.74 bits per heavy atom. The van der Waals surface area contributed by atoms with Gasteiger partial charge >= 0.3 is 5.95 Å². The zero-order valence-corrected chi connectivity index (χ0v) is 11.5. The van der Waals surface area contributed by atoms with Gasteiger partial charge < -0.3 is 10.4 Å². The molecule has 2 aromatic rings. The maximum absolute atomic E-state index is 12.2. The lowest BCUT2D eigenvalue weighted by Crippen LogP contribution is -2.46. The predicted octanol–water partition coefficient (Wildman–Crippen LogP) is 1.35. The molecule has 0 fully saturated rings. The minimum Gasteiger partial charge on any atom is -0.739 e. The molecule has 0 bridgehead atoms. The van der Waals surface area contributed by atoms with Crippen molar-refractivity contribution in [1.82, 2.24) is 5.10 Å². The van der Waals surface area contributed by atoms with Crippen molar-refractivity contribution in [2.24, 2.45) is 5.41 Å². The Bertz CT molecular complexity index is 607. The van der Waals surface area contributed by atoms with Crippen molar-refractivity contribution in [2.75, 3.05) is 5.32 Å². The number of benzene rings is 1. The highest BCUT2D eigenvalue weighted by Gasteiger charge is 2.28. The van der Waals surface area contributed by atoms with Crippen molar-refractivity contribution in [3.63, 3.8) is 0 Å². The summed E-state index contributed by atoms with van der Waals surface area (Å²) in [5.41, 5.74) is 0.510. The van der Waals surface area contributed by atoms with Crippen molar-refractivity contribution < 1.29 is 9.58 Å². The van der Waals surface area contributed by atoms with Gasteiger partial charge in [0.15, 0.2) is 5.52 Å². The summed E-state index contributed by atoms with van der Waals surface area (Å²) in [6.07, 6.45) is 0. The average Bonchev–Trinajstić information content (AvgIpc) is 2.34. The molecule has 0 radical (unpaired) electrons. The molecule has 2 rings (SSSR count). The molecule has 0 aliphatic rings. The second-order valence-electron chi connectivity index (χ2n) is 5.71. The number of nitrogens with one attached hydrogen (secondary N) is 1. The van der Waals surface area contributed by atoms with Gasteiger partial charge in [-0.25, -0.2) is 4.73 Å². The van der Waals surface area contributed by atoms with Gasteiger partial charge in [-0.2, -0.15) is 0 Å². The minimum absolute atomic E-state index is 0.00126. The quantitative estimate of drug-likeness (QED) is 0.654. The topological polar surface area (TPSA) is 78.8 Å². The maximum Gasteiger partial charge on any atom is 0.461 e. The first-order valence-corrected chi connectivity index (χ1v) is 6.19. The Labute approximate surface area is 111 Å². The van der Waals surface area contributed by atoms with Crippen LogP contribution in [0.2, 0.25) is 0 Å². The van der Waals surface area contributed by atoms with E-state index in [1.807, 2.05) is 27.7 Å². The monoisotopic (exact) mass is 262 g/mol. The van der Waals surface area contributed by atoms with E-state index in [9.17, 15) is 10.4 Å². The van der Waals surface area contributed by atoms with Crippen molar-refractivity contribution in [2.45, 2.75) is 33.7 Å². The summed E-state index contributed by atoms with van der Waals surface area (Å²) < 4.78 is 0.659. The molecular weight excluding hydrogens is 244 g/mol. The van der Waals surface area contributed by atoms with Gasteiger partial charge in [-0.05, 0) is 18.4 Å².